The van der Waals surface area contributed by atoms with Gasteiger partial charge < -0.3 is 20.3 Å². The first kappa shape index (κ1) is 29.1. The van der Waals surface area contributed by atoms with Crippen LogP contribution in [0.5, 0.6) is 5.75 Å². The molecule has 1 fully saturated rings. The number of amides is 2. The predicted octanol–water partition coefficient (Wildman–Crippen LogP) is 6.89. The molecule has 5 rings (SSSR count). The van der Waals surface area contributed by atoms with Crippen molar-refractivity contribution in [1.29, 1.82) is 0 Å². The number of carbonyl (C=O) groups is 2. The molecule has 42 heavy (non-hydrogen) atoms. The summed E-state index contributed by atoms with van der Waals surface area (Å²) in [5.74, 6) is 0.165. The molecule has 1 aliphatic heterocycles. The van der Waals surface area contributed by atoms with Crippen molar-refractivity contribution in [3.63, 3.8) is 0 Å². The number of halogens is 2. The van der Waals surface area contributed by atoms with Crippen molar-refractivity contribution in [3.8, 4) is 5.75 Å². The largest absolute Gasteiger partial charge is 0.484 e. The second-order valence-electron chi connectivity index (χ2n) is 10.5. The van der Waals surface area contributed by atoms with Crippen molar-refractivity contribution < 1.29 is 18.7 Å². The minimum absolute atomic E-state index is 0.190. The highest BCUT2D eigenvalue weighted by atomic mass is 35.5. The van der Waals surface area contributed by atoms with Gasteiger partial charge in [0, 0.05) is 36.0 Å². The lowest BCUT2D eigenvalue weighted by atomic mass is 9.89. The SMILES string of the molecule is O=C(COc1ccc(Cl)cc1)Nc1ccc(N2CCC(Cc3ccccc3)CC2)c(C(=O)NCc2ccc(F)cc2)c1. The van der Waals surface area contributed by atoms with Gasteiger partial charge in [0.25, 0.3) is 11.8 Å². The maximum absolute atomic E-state index is 13.5. The van der Waals surface area contributed by atoms with Gasteiger partial charge in [-0.05, 0) is 90.9 Å². The minimum Gasteiger partial charge on any atom is -0.484 e. The van der Waals surface area contributed by atoms with E-state index in [1.165, 1.54) is 17.7 Å². The molecule has 0 aliphatic carbocycles. The normalized spacial score (nSPS) is 13.4. The summed E-state index contributed by atoms with van der Waals surface area (Å²) in [5.41, 5.74) is 3.92. The van der Waals surface area contributed by atoms with E-state index in [-0.39, 0.29) is 30.8 Å². The Morgan fingerprint density at radius 1 is 0.881 bits per heavy atom. The molecule has 2 amide bonds. The van der Waals surface area contributed by atoms with Crippen molar-refractivity contribution in [2.45, 2.75) is 25.8 Å². The van der Waals surface area contributed by atoms with Crippen LogP contribution in [-0.2, 0) is 17.8 Å². The Hall–Kier alpha value is -4.36. The summed E-state index contributed by atoms with van der Waals surface area (Å²) in [6.45, 7) is 1.72. The van der Waals surface area contributed by atoms with Crippen LogP contribution in [0.1, 0.15) is 34.3 Å². The number of hydrogen-bond donors (Lipinski definition) is 2. The summed E-state index contributed by atoms with van der Waals surface area (Å²) in [6, 6.07) is 28.7. The summed E-state index contributed by atoms with van der Waals surface area (Å²) in [5, 5.41) is 6.37. The lowest BCUT2D eigenvalue weighted by molar-refractivity contribution is -0.118. The first-order chi connectivity index (χ1) is 20.4. The third-order valence-corrected chi connectivity index (χ3v) is 7.65. The molecule has 0 unspecified atom stereocenters. The number of benzene rings is 4. The molecule has 216 valence electrons. The van der Waals surface area contributed by atoms with Crippen molar-refractivity contribution in [2.24, 2.45) is 5.92 Å². The van der Waals surface area contributed by atoms with Crippen molar-refractivity contribution >= 4 is 34.8 Å². The summed E-state index contributed by atoms with van der Waals surface area (Å²) >= 11 is 5.91. The van der Waals surface area contributed by atoms with E-state index in [4.69, 9.17) is 16.3 Å². The standard InChI is InChI=1S/C34H33ClFN3O3/c35-27-8-13-30(14-9-27)42-23-33(40)38-29-12-15-32(31(21-29)34(41)37-22-26-6-10-28(36)11-7-26)39-18-16-25(17-19-39)20-24-4-2-1-3-5-24/h1-15,21,25H,16-20,22-23H2,(H,37,41)(H,38,40). The lowest BCUT2D eigenvalue weighted by Crippen LogP contribution is -2.36. The summed E-state index contributed by atoms with van der Waals surface area (Å²) in [6.07, 6.45) is 3.08. The van der Waals surface area contributed by atoms with E-state index >= 15 is 0 Å². The summed E-state index contributed by atoms with van der Waals surface area (Å²) in [4.78, 5) is 28.4. The number of piperidine rings is 1. The molecular formula is C34H33ClFN3O3. The quantitative estimate of drug-likeness (QED) is 0.213. The molecule has 8 heteroatoms. The van der Waals surface area contributed by atoms with Crippen LogP contribution in [0.15, 0.2) is 97.1 Å². The fraction of sp³-hybridized carbons (Fsp3) is 0.235. The van der Waals surface area contributed by atoms with Crippen LogP contribution in [0.2, 0.25) is 5.02 Å². The number of nitrogens with zero attached hydrogens (tertiary/aromatic N) is 1. The zero-order chi connectivity index (χ0) is 29.3. The Morgan fingerprint density at radius 3 is 2.31 bits per heavy atom. The lowest BCUT2D eigenvalue weighted by Gasteiger charge is -2.35. The van der Waals surface area contributed by atoms with Gasteiger partial charge in [-0.3, -0.25) is 9.59 Å². The smallest absolute Gasteiger partial charge is 0.262 e. The van der Waals surface area contributed by atoms with Gasteiger partial charge >= 0.3 is 0 Å². The van der Waals surface area contributed by atoms with Crippen LogP contribution in [0.3, 0.4) is 0 Å². The first-order valence-electron chi connectivity index (χ1n) is 14.1. The molecule has 1 aliphatic rings. The molecule has 0 aromatic heterocycles. The molecule has 1 saturated heterocycles. The van der Waals surface area contributed by atoms with Crippen LogP contribution in [0, 0.1) is 11.7 Å². The topological polar surface area (TPSA) is 70.7 Å². The zero-order valence-corrected chi connectivity index (χ0v) is 23.9. The Balaban J connectivity index is 1.27. The number of ether oxygens (including phenoxy) is 1. The molecular weight excluding hydrogens is 553 g/mol. The Morgan fingerprint density at radius 2 is 1.60 bits per heavy atom. The monoisotopic (exact) mass is 585 g/mol. The molecule has 0 atom stereocenters. The van der Waals surface area contributed by atoms with Crippen molar-refractivity contribution in [2.75, 3.05) is 29.9 Å². The van der Waals surface area contributed by atoms with Crippen LogP contribution < -0.4 is 20.3 Å². The number of rotatable bonds is 10. The number of hydrogen-bond acceptors (Lipinski definition) is 4. The van der Waals surface area contributed by atoms with Crippen LogP contribution in [-0.4, -0.2) is 31.5 Å². The predicted molar refractivity (Wildman–Crippen MR) is 165 cm³/mol. The summed E-state index contributed by atoms with van der Waals surface area (Å²) < 4.78 is 18.9. The van der Waals surface area contributed by atoms with Gasteiger partial charge in [0.2, 0.25) is 0 Å². The van der Waals surface area contributed by atoms with Gasteiger partial charge in [-0.15, -0.1) is 0 Å². The van der Waals surface area contributed by atoms with Crippen molar-refractivity contribution in [3.05, 3.63) is 125 Å². The van der Waals surface area contributed by atoms with Crippen LogP contribution in [0.4, 0.5) is 15.8 Å². The van der Waals surface area contributed by atoms with Crippen LogP contribution >= 0.6 is 11.6 Å². The third-order valence-electron chi connectivity index (χ3n) is 7.40. The molecule has 0 radical (unpaired) electrons. The zero-order valence-electron chi connectivity index (χ0n) is 23.2. The van der Waals surface area contributed by atoms with Crippen molar-refractivity contribution in [1.82, 2.24) is 5.32 Å². The number of anilines is 2. The summed E-state index contributed by atoms with van der Waals surface area (Å²) in [7, 11) is 0. The van der Waals surface area contributed by atoms with Gasteiger partial charge in [-0.1, -0.05) is 54.1 Å². The van der Waals surface area contributed by atoms with E-state index in [9.17, 15) is 14.0 Å². The molecule has 4 aromatic rings. The average Bonchev–Trinajstić information content (AvgIpc) is 3.01. The molecule has 6 nitrogen and oxygen atoms in total. The van der Waals surface area contributed by atoms with E-state index in [1.807, 2.05) is 18.2 Å². The number of nitrogens with one attached hydrogen (secondary N) is 2. The Bertz CT molecular complexity index is 1490. The fourth-order valence-corrected chi connectivity index (χ4v) is 5.28. The van der Waals surface area contributed by atoms with Gasteiger partial charge in [0.1, 0.15) is 11.6 Å². The maximum Gasteiger partial charge on any atom is 0.262 e. The Labute approximate surface area is 250 Å². The second kappa shape index (κ2) is 14.0. The molecule has 0 saturated carbocycles. The first-order valence-corrected chi connectivity index (χ1v) is 14.4. The highest BCUT2D eigenvalue weighted by Crippen LogP contribution is 2.30. The second-order valence-corrected chi connectivity index (χ2v) is 10.9. The third kappa shape index (κ3) is 8.10. The number of carbonyl (C=O) groups excluding carboxylic acids is 2. The van der Waals surface area contributed by atoms with E-state index in [0.717, 1.165) is 43.6 Å². The van der Waals surface area contributed by atoms with Crippen LogP contribution in [0.25, 0.3) is 0 Å². The minimum atomic E-state index is -0.350. The average molecular weight is 586 g/mol. The molecule has 0 spiro atoms. The van der Waals surface area contributed by atoms with E-state index in [2.05, 4.69) is 39.8 Å². The highest BCUT2D eigenvalue weighted by Gasteiger charge is 2.24. The van der Waals surface area contributed by atoms with Gasteiger partial charge in [0.05, 0.1) is 5.56 Å². The maximum atomic E-state index is 13.5. The Kier molecular flexibility index (Phi) is 9.72. The fourth-order valence-electron chi connectivity index (χ4n) is 5.15. The highest BCUT2D eigenvalue weighted by molar-refractivity contribution is 6.30. The van der Waals surface area contributed by atoms with Gasteiger partial charge in [-0.25, -0.2) is 4.39 Å². The van der Waals surface area contributed by atoms with E-state index in [0.29, 0.717) is 27.9 Å². The molecule has 4 aromatic carbocycles. The van der Waals surface area contributed by atoms with E-state index < -0.39 is 0 Å². The molecule has 0 bridgehead atoms. The van der Waals surface area contributed by atoms with E-state index in [1.54, 1.807) is 42.5 Å². The molecule has 1 heterocycles. The van der Waals surface area contributed by atoms with Gasteiger partial charge in [-0.2, -0.15) is 0 Å². The molecule has 2 N–H and O–H groups in total. The van der Waals surface area contributed by atoms with Gasteiger partial charge in [0.15, 0.2) is 6.61 Å².